The fourth-order valence-corrected chi connectivity index (χ4v) is 5.89. The van der Waals surface area contributed by atoms with E-state index in [2.05, 4.69) is 30.0 Å². The summed E-state index contributed by atoms with van der Waals surface area (Å²) in [6.45, 7) is 4.23. The molecule has 0 bridgehead atoms. The second-order valence-electron chi connectivity index (χ2n) is 7.15. The number of nitrogens with zero attached hydrogens (tertiary/aromatic N) is 2. The Morgan fingerprint density at radius 1 is 1.11 bits per heavy atom. The van der Waals surface area contributed by atoms with Crippen molar-refractivity contribution in [1.29, 1.82) is 0 Å². The molecular formula is C20H23ClN2O3S. The lowest BCUT2D eigenvalue weighted by molar-refractivity contribution is 0.0987. The predicted octanol–water partition coefficient (Wildman–Crippen LogP) is 3.80. The van der Waals surface area contributed by atoms with Gasteiger partial charge >= 0.3 is 0 Å². The molecule has 5 nitrogen and oxygen atoms in total. The number of aryl methyl sites for hydroxylation is 1. The predicted molar refractivity (Wildman–Crippen MR) is 107 cm³/mol. The molecule has 2 aliphatic rings. The van der Waals surface area contributed by atoms with Gasteiger partial charge in [0, 0.05) is 30.4 Å². The van der Waals surface area contributed by atoms with E-state index in [1.165, 1.54) is 16.8 Å². The van der Waals surface area contributed by atoms with Crippen LogP contribution in [-0.2, 0) is 21.4 Å². The average molecular weight is 407 g/mol. The standard InChI is InChI=1S/C20H23ClN2O3S/c1-15-6-7-19-16(12-15)13-26-14-23(19)17-8-10-22(11-9-17)27(24,25)20-5-3-2-4-18(20)21/h2-7,12,17H,8-11,13-14H2,1H3. The smallest absolute Gasteiger partial charge is 0.244 e. The Balaban J connectivity index is 1.50. The molecule has 7 heteroatoms. The maximum atomic E-state index is 12.9. The van der Waals surface area contributed by atoms with Gasteiger partial charge in [-0.1, -0.05) is 41.4 Å². The summed E-state index contributed by atoms with van der Waals surface area (Å²) >= 11 is 6.12. The molecule has 4 rings (SSSR count). The molecule has 2 heterocycles. The zero-order chi connectivity index (χ0) is 19.0. The van der Waals surface area contributed by atoms with E-state index in [4.69, 9.17) is 16.3 Å². The van der Waals surface area contributed by atoms with E-state index in [0.29, 0.717) is 26.4 Å². The van der Waals surface area contributed by atoms with Gasteiger partial charge in [0.2, 0.25) is 10.0 Å². The van der Waals surface area contributed by atoms with Crippen molar-refractivity contribution in [3.8, 4) is 0 Å². The lowest BCUT2D eigenvalue weighted by Crippen LogP contribution is -2.48. The van der Waals surface area contributed by atoms with Gasteiger partial charge in [-0.25, -0.2) is 8.42 Å². The summed E-state index contributed by atoms with van der Waals surface area (Å²) in [7, 11) is -3.56. The van der Waals surface area contributed by atoms with Crippen LogP contribution in [-0.4, -0.2) is 38.6 Å². The fraction of sp³-hybridized carbons (Fsp3) is 0.400. The Morgan fingerprint density at radius 3 is 2.59 bits per heavy atom. The minimum Gasteiger partial charge on any atom is -0.356 e. The Bertz CT molecular complexity index is 940. The van der Waals surface area contributed by atoms with Crippen molar-refractivity contribution in [1.82, 2.24) is 4.31 Å². The van der Waals surface area contributed by atoms with Crippen LogP contribution in [0.2, 0.25) is 5.02 Å². The number of benzene rings is 2. The highest BCUT2D eigenvalue weighted by molar-refractivity contribution is 7.89. The van der Waals surface area contributed by atoms with E-state index in [1.54, 1.807) is 28.6 Å². The van der Waals surface area contributed by atoms with Crippen molar-refractivity contribution >= 4 is 27.3 Å². The first-order chi connectivity index (χ1) is 13.0. The Labute approximate surface area is 165 Å². The molecule has 2 aromatic carbocycles. The summed E-state index contributed by atoms with van der Waals surface area (Å²) < 4.78 is 33.2. The van der Waals surface area contributed by atoms with E-state index in [9.17, 15) is 8.42 Å². The van der Waals surface area contributed by atoms with Crippen LogP contribution >= 0.6 is 11.6 Å². The van der Waals surface area contributed by atoms with Gasteiger partial charge in [0.05, 0.1) is 11.6 Å². The van der Waals surface area contributed by atoms with Gasteiger partial charge in [-0.05, 0) is 38.0 Å². The van der Waals surface area contributed by atoms with Gasteiger partial charge in [0.25, 0.3) is 0 Å². The molecule has 0 aromatic heterocycles. The highest BCUT2D eigenvalue weighted by Crippen LogP contribution is 2.33. The number of rotatable bonds is 3. The number of hydrogen-bond acceptors (Lipinski definition) is 4. The van der Waals surface area contributed by atoms with E-state index in [0.717, 1.165) is 12.8 Å². The second-order valence-corrected chi connectivity index (χ2v) is 9.46. The minimum atomic E-state index is -3.56. The van der Waals surface area contributed by atoms with Gasteiger partial charge in [-0.3, -0.25) is 0 Å². The SMILES string of the molecule is Cc1ccc2c(c1)COCN2C1CCN(S(=O)(=O)c2ccccc2Cl)CC1. The molecule has 2 aromatic rings. The largest absolute Gasteiger partial charge is 0.356 e. The maximum Gasteiger partial charge on any atom is 0.244 e. The summed E-state index contributed by atoms with van der Waals surface area (Å²) in [5, 5.41) is 0.272. The first-order valence-electron chi connectivity index (χ1n) is 9.15. The molecule has 0 spiro atoms. The third-order valence-electron chi connectivity index (χ3n) is 5.35. The van der Waals surface area contributed by atoms with Crippen LogP contribution in [0.3, 0.4) is 0 Å². The monoisotopic (exact) mass is 406 g/mol. The molecule has 144 valence electrons. The highest BCUT2D eigenvalue weighted by atomic mass is 35.5. The number of fused-ring (bicyclic) bond motifs is 1. The molecule has 1 fully saturated rings. The van der Waals surface area contributed by atoms with E-state index in [1.807, 2.05) is 0 Å². The molecule has 0 N–H and O–H groups in total. The highest BCUT2D eigenvalue weighted by Gasteiger charge is 2.34. The summed E-state index contributed by atoms with van der Waals surface area (Å²) in [4.78, 5) is 2.46. The zero-order valence-corrected chi connectivity index (χ0v) is 16.8. The Kier molecular flexibility index (Phi) is 5.16. The molecule has 0 saturated carbocycles. The number of piperidine rings is 1. The number of hydrogen-bond donors (Lipinski definition) is 0. The molecule has 0 radical (unpaired) electrons. The number of ether oxygens (including phenoxy) is 1. The summed E-state index contributed by atoms with van der Waals surface area (Å²) in [6, 6.07) is 13.3. The van der Waals surface area contributed by atoms with E-state index < -0.39 is 10.0 Å². The van der Waals surface area contributed by atoms with Gasteiger partial charge in [-0.15, -0.1) is 0 Å². The number of sulfonamides is 1. The summed E-state index contributed by atoms with van der Waals surface area (Å²) in [6.07, 6.45) is 1.53. The van der Waals surface area contributed by atoms with Crippen molar-refractivity contribution in [2.75, 3.05) is 24.7 Å². The topological polar surface area (TPSA) is 49.9 Å². The summed E-state index contributed by atoms with van der Waals surface area (Å²) in [5.41, 5.74) is 3.63. The van der Waals surface area contributed by atoms with Gasteiger partial charge in [-0.2, -0.15) is 4.31 Å². The molecule has 0 atom stereocenters. The first-order valence-corrected chi connectivity index (χ1v) is 11.0. The van der Waals surface area contributed by atoms with Gasteiger partial charge in [0.1, 0.15) is 11.6 Å². The van der Waals surface area contributed by atoms with Crippen LogP contribution in [0.4, 0.5) is 5.69 Å². The molecule has 0 aliphatic carbocycles. The van der Waals surface area contributed by atoms with Crippen LogP contribution in [0.5, 0.6) is 0 Å². The molecular weight excluding hydrogens is 384 g/mol. The zero-order valence-electron chi connectivity index (χ0n) is 15.3. The van der Waals surface area contributed by atoms with Crippen LogP contribution in [0.15, 0.2) is 47.4 Å². The van der Waals surface area contributed by atoms with Crippen molar-refractivity contribution in [3.05, 3.63) is 58.6 Å². The van der Waals surface area contributed by atoms with Crippen molar-refractivity contribution in [3.63, 3.8) is 0 Å². The maximum absolute atomic E-state index is 12.9. The molecule has 1 saturated heterocycles. The fourth-order valence-electron chi connectivity index (χ4n) is 3.92. The van der Waals surface area contributed by atoms with Gasteiger partial charge in [0.15, 0.2) is 0 Å². The van der Waals surface area contributed by atoms with Crippen LogP contribution in [0.1, 0.15) is 24.0 Å². The first kappa shape index (κ1) is 18.7. The van der Waals surface area contributed by atoms with Crippen molar-refractivity contribution in [2.24, 2.45) is 0 Å². The third kappa shape index (κ3) is 3.59. The molecule has 0 unspecified atom stereocenters. The Morgan fingerprint density at radius 2 is 1.85 bits per heavy atom. The molecule has 2 aliphatic heterocycles. The minimum absolute atomic E-state index is 0.187. The average Bonchev–Trinajstić information content (AvgIpc) is 2.67. The van der Waals surface area contributed by atoms with Crippen LogP contribution in [0.25, 0.3) is 0 Å². The third-order valence-corrected chi connectivity index (χ3v) is 7.75. The van der Waals surface area contributed by atoms with Crippen LogP contribution < -0.4 is 4.90 Å². The lowest BCUT2D eigenvalue weighted by Gasteiger charge is -2.41. The molecule has 27 heavy (non-hydrogen) atoms. The van der Waals surface area contributed by atoms with Crippen LogP contribution in [0, 0.1) is 6.92 Å². The van der Waals surface area contributed by atoms with E-state index >= 15 is 0 Å². The summed E-state index contributed by atoms with van der Waals surface area (Å²) in [5.74, 6) is 0. The number of anilines is 1. The van der Waals surface area contributed by atoms with Crippen molar-refractivity contribution in [2.45, 2.75) is 37.3 Å². The Hall–Kier alpha value is -1.60. The second kappa shape index (κ2) is 7.43. The normalized spacial score (nSPS) is 19.1. The van der Waals surface area contributed by atoms with Gasteiger partial charge < -0.3 is 9.64 Å². The van der Waals surface area contributed by atoms with Crippen molar-refractivity contribution < 1.29 is 13.2 Å². The quantitative estimate of drug-likeness (QED) is 0.778. The lowest BCUT2D eigenvalue weighted by atomic mass is 10.0. The molecule has 0 amide bonds. The number of halogens is 1. The van der Waals surface area contributed by atoms with E-state index in [-0.39, 0.29) is 16.0 Å².